The third-order valence-electron chi connectivity index (χ3n) is 2.88. The number of hydrogen-bond donors (Lipinski definition) is 1. The van der Waals surface area contributed by atoms with Gasteiger partial charge in [0.25, 0.3) is 0 Å². The average molecular weight is 295 g/mol. The van der Waals surface area contributed by atoms with Crippen LogP contribution in [0.3, 0.4) is 0 Å². The van der Waals surface area contributed by atoms with Gasteiger partial charge in [0.1, 0.15) is 0 Å². The summed E-state index contributed by atoms with van der Waals surface area (Å²) in [6.45, 7) is 2.30. The van der Waals surface area contributed by atoms with E-state index in [9.17, 15) is 0 Å². The standard InChI is InChI=1S/C10H13BrClNS/c1-5-3-6(5)9(13-2)8-4-7(12)10(11)14-8/h4-6,9,13H,3H2,1-2H3. The second-order valence-corrected chi connectivity index (χ2v) is 6.72. The molecule has 3 atom stereocenters. The van der Waals surface area contributed by atoms with Crippen molar-refractivity contribution in [2.45, 2.75) is 19.4 Å². The molecule has 1 N–H and O–H groups in total. The largest absolute Gasteiger partial charge is 0.312 e. The van der Waals surface area contributed by atoms with E-state index in [-0.39, 0.29) is 0 Å². The van der Waals surface area contributed by atoms with Gasteiger partial charge in [-0.25, -0.2) is 0 Å². The summed E-state index contributed by atoms with van der Waals surface area (Å²) in [5.41, 5.74) is 0. The molecule has 1 aliphatic carbocycles. The fraction of sp³-hybridized carbons (Fsp3) is 0.600. The van der Waals surface area contributed by atoms with Gasteiger partial charge >= 0.3 is 0 Å². The number of thiophene rings is 1. The quantitative estimate of drug-likeness (QED) is 0.886. The van der Waals surface area contributed by atoms with E-state index in [4.69, 9.17) is 11.6 Å². The highest BCUT2D eigenvalue weighted by Crippen LogP contribution is 2.49. The van der Waals surface area contributed by atoms with E-state index in [1.165, 1.54) is 11.3 Å². The van der Waals surface area contributed by atoms with Crippen molar-refractivity contribution in [1.29, 1.82) is 0 Å². The third kappa shape index (κ3) is 2.01. The molecule has 1 aromatic rings. The number of halogens is 2. The molecule has 1 nitrogen and oxygen atoms in total. The molecule has 0 amide bonds. The first kappa shape index (κ1) is 10.9. The van der Waals surface area contributed by atoms with Crippen LogP contribution in [0.2, 0.25) is 5.02 Å². The van der Waals surface area contributed by atoms with Crippen molar-refractivity contribution < 1.29 is 0 Å². The SMILES string of the molecule is CNC(c1cc(Cl)c(Br)s1)C1CC1C. The van der Waals surface area contributed by atoms with E-state index in [0.29, 0.717) is 6.04 Å². The highest BCUT2D eigenvalue weighted by molar-refractivity contribution is 9.11. The van der Waals surface area contributed by atoms with Gasteiger partial charge < -0.3 is 5.32 Å². The van der Waals surface area contributed by atoms with Crippen molar-refractivity contribution in [2.75, 3.05) is 7.05 Å². The maximum Gasteiger partial charge on any atom is 0.0887 e. The molecular weight excluding hydrogens is 282 g/mol. The topological polar surface area (TPSA) is 12.0 Å². The minimum Gasteiger partial charge on any atom is -0.312 e. The molecule has 3 unspecified atom stereocenters. The van der Waals surface area contributed by atoms with Crippen LogP contribution < -0.4 is 5.32 Å². The zero-order valence-corrected chi connectivity index (χ0v) is 11.3. The number of rotatable bonds is 3. The van der Waals surface area contributed by atoms with Crippen LogP contribution in [0.15, 0.2) is 9.85 Å². The molecule has 1 heterocycles. The lowest BCUT2D eigenvalue weighted by Gasteiger charge is -2.13. The Balaban J connectivity index is 2.19. The van der Waals surface area contributed by atoms with Gasteiger partial charge in [0.05, 0.1) is 8.81 Å². The van der Waals surface area contributed by atoms with Crippen LogP contribution >= 0.6 is 38.9 Å². The zero-order chi connectivity index (χ0) is 10.3. The fourth-order valence-electron chi connectivity index (χ4n) is 1.90. The number of nitrogens with one attached hydrogen (secondary N) is 1. The van der Waals surface area contributed by atoms with Gasteiger partial charge in [-0.3, -0.25) is 0 Å². The Bertz CT molecular complexity index is 319. The lowest BCUT2D eigenvalue weighted by molar-refractivity contribution is 0.512. The Labute approximate surface area is 102 Å². The van der Waals surface area contributed by atoms with Gasteiger partial charge in [-0.2, -0.15) is 0 Å². The summed E-state index contributed by atoms with van der Waals surface area (Å²) in [4.78, 5) is 1.35. The van der Waals surface area contributed by atoms with Gasteiger partial charge in [-0.15, -0.1) is 11.3 Å². The van der Waals surface area contributed by atoms with E-state index in [0.717, 1.165) is 20.6 Å². The molecule has 0 aliphatic heterocycles. The fourth-order valence-corrected chi connectivity index (χ4v) is 3.83. The lowest BCUT2D eigenvalue weighted by atomic mass is 10.1. The lowest BCUT2D eigenvalue weighted by Crippen LogP contribution is -2.17. The molecular formula is C10H13BrClNS. The van der Waals surface area contributed by atoms with Crippen LogP contribution in [0, 0.1) is 11.8 Å². The highest BCUT2D eigenvalue weighted by Gasteiger charge is 2.40. The van der Waals surface area contributed by atoms with Crippen LogP contribution in [-0.2, 0) is 0 Å². The van der Waals surface area contributed by atoms with Gasteiger partial charge in [0.15, 0.2) is 0 Å². The Morgan fingerprint density at radius 3 is 2.71 bits per heavy atom. The van der Waals surface area contributed by atoms with Crippen molar-refractivity contribution >= 4 is 38.9 Å². The number of hydrogen-bond acceptors (Lipinski definition) is 2. The monoisotopic (exact) mass is 293 g/mol. The molecule has 1 aliphatic rings. The van der Waals surface area contributed by atoms with Crippen molar-refractivity contribution in [3.63, 3.8) is 0 Å². The van der Waals surface area contributed by atoms with E-state index in [2.05, 4.69) is 34.2 Å². The van der Waals surface area contributed by atoms with Crippen molar-refractivity contribution in [1.82, 2.24) is 5.32 Å². The van der Waals surface area contributed by atoms with Gasteiger partial charge in [0, 0.05) is 10.9 Å². The summed E-state index contributed by atoms with van der Waals surface area (Å²) in [6.07, 6.45) is 1.33. The summed E-state index contributed by atoms with van der Waals surface area (Å²) in [6, 6.07) is 2.56. The summed E-state index contributed by atoms with van der Waals surface area (Å²) in [5.74, 6) is 1.65. The average Bonchev–Trinajstić information content (AvgIpc) is 2.74. The maximum atomic E-state index is 6.03. The van der Waals surface area contributed by atoms with Gasteiger partial charge in [0.2, 0.25) is 0 Å². The summed E-state index contributed by atoms with van der Waals surface area (Å²) in [7, 11) is 2.03. The van der Waals surface area contributed by atoms with E-state index in [1.807, 2.05) is 7.05 Å². The normalized spacial score (nSPS) is 27.7. The molecule has 14 heavy (non-hydrogen) atoms. The molecule has 78 valence electrons. The van der Waals surface area contributed by atoms with Gasteiger partial charge in [-0.1, -0.05) is 18.5 Å². The first-order valence-corrected chi connectivity index (χ1v) is 6.74. The Morgan fingerprint density at radius 2 is 2.36 bits per heavy atom. The van der Waals surface area contributed by atoms with E-state index < -0.39 is 0 Å². The van der Waals surface area contributed by atoms with Crippen molar-refractivity contribution in [2.24, 2.45) is 11.8 Å². The summed E-state index contributed by atoms with van der Waals surface area (Å²) < 4.78 is 1.04. The minimum absolute atomic E-state index is 0.485. The Kier molecular flexibility index (Phi) is 3.22. The van der Waals surface area contributed by atoms with Crippen LogP contribution in [0.1, 0.15) is 24.3 Å². The van der Waals surface area contributed by atoms with Crippen LogP contribution in [0.4, 0.5) is 0 Å². The molecule has 0 spiro atoms. The zero-order valence-electron chi connectivity index (χ0n) is 8.18. The molecule has 0 bridgehead atoms. The third-order valence-corrected chi connectivity index (χ3v) is 5.44. The minimum atomic E-state index is 0.485. The molecule has 4 heteroatoms. The molecule has 1 saturated carbocycles. The van der Waals surface area contributed by atoms with E-state index in [1.54, 1.807) is 11.3 Å². The molecule has 0 saturated heterocycles. The van der Waals surface area contributed by atoms with Crippen LogP contribution in [0.25, 0.3) is 0 Å². The van der Waals surface area contributed by atoms with Gasteiger partial charge in [-0.05, 0) is 47.3 Å². The predicted octanol–water partition coefficient (Wildman–Crippen LogP) is 4.08. The van der Waals surface area contributed by atoms with Crippen molar-refractivity contribution in [3.8, 4) is 0 Å². The second-order valence-electron chi connectivity index (χ2n) is 3.91. The maximum absolute atomic E-state index is 6.03. The highest BCUT2D eigenvalue weighted by atomic mass is 79.9. The van der Waals surface area contributed by atoms with Crippen molar-refractivity contribution in [3.05, 3.63) is 19.8 Å². The molecule has 0 aromatic carbocycles. The summed E-state index contributed by atoms with van der Waals surface area (Å²) in [5, 5.41) is 4.21. The molecule has 0 radical (unpaired) electrons. The summed E-state index contributed by atoms with van der Waals surface area (Å²) >= 11 is 11.2. The first-order chi connectivity index (χ1) is 6.63. The Hall–Kier alpha value is 0.430. The van der Waals surface area contributed by atoms with Crippen LogP contribution in [0.5, 0.6) is 0 Å². The second kappa shape index (κ2) is 4.12. The molecule has 1 fully saturated rings. The van der Waals surface area contributed by atoms with Crippen LogP contribution in [-0.4, -0.2) is 7.05 Å². The first-order valence-electron chi connectivity index (χ1n) is 4.75. The van der Waals surface area contributed by atoms with E-state index >= 15 is 0 Å². The molecule has 2 rings (SSSR count). The Morgan fingerprint density at radius 1 is 1.71 bits per heavy atom. The predicted molar refractivity (Wildman–Crippen MR) is 66.1 cm³/mol. The smallest absolute Gasteiger partial charge is 0.0887 e. The molecule has 1 aromatic heterocycles.